The molecule has 0 saturated carbocycles. The first kappa shape index (κ1) is 14.3. The average Bonchev–Trinajstić information content (AvgIpc) is 2.85. The number of rotatable bonds is 3. The Morgan fingerprint density at radius 3 is 2.55 bits per heavy atom. The highest BCUT2D eigenvalue weighted by Gasteiger charge is 2.14. The number of hydrogen-bond acceptors (Lipinski definition) is 3. The van der Waals surface area contributed by atoms with E-state index in [-0.39, 0.29) is 12.3 Å². The summed E-state index contributed by atoms with van der Waals surface area (Å²) >= 11 is 0. The fourth-order valence-corrected chi connectivity index (χ4v) is 2.56. The summed E-state index contributed by atoms with van der Waals surface area (Å²) in [6.07, 6.45) is 0.198. The van der Waals surface area contributed by atoms with Crippen LogP contribution in [0.1, 0.15) is 22.4 Å². The third kappa shape index (κ3) is 2.86. The third-order valence-corrected chi connectivity index (χ3v) is 3.64. The predicted molar refractivity (Wildman–Crippen MR) is 87.0 cm³/mol. The minimum Gasteiger partial charge on any atom is -0.356 e. The molecule has 0 unspecified atom stereocenters. The van der Waals surface area contributed by atoms with E-state index in [1.165, 1.54) is 0 Å². The van der Waals surface area contributed by atoms with Gasteiger partial charge in [-0.3, -0.25) is 4.79 Å². The first-order chi connectivity index (χ1) is 10.5. The zero-order valence-electron chi connectivity index (χ0n) is 12.9. The van der Waals surface area contributed by atoms with Gasteiger partial charge in [0.2, 0.25) is 5.91 Å². The van der Waals surface area contributed by atoms with Gasteiger partial charge in [-0.1, -0.05) is 28.9 Å². The molecule has 0 bridgehead atoms. The SMILES string of the molecule is Cc1ccc(NC(=O)Cc2noc3c(C)cc(C)cc23)cc1. The van der Waals surface area contributed by atoms with Crippen molar-refractivity contribution < 1.29 is 9.32 Å². The summed E-state index contributed by atoms with van der Waals surface area (Å²) in [5.41, 5.74) is 5.54. The summed E-state index contributed by atoms with van der Waals surface area (Å²) in [4.78, 5) is 12.2. The van der Waals surface area contributed by atoms with Gasteiger partial charge in [-0.15, -0.1) is 0 Å². The molecule has 0 fully saturated rings. The number of amides is 1. The van der Waals surface area contributed by atoms with E-state index in [2.05, 4.69) is 10.5 Å². The van der Waals surface area contributed by atoms with Gasteiger partial charge >= 0.3 is 0 Å². The van der Waals surface area contributed by atoms with Crippen molar-refractivity contribution >= 4 is 22.6 Å². The van der Waals surface area contributed by atoms with Crippen LogP contribution in [0.15, 0.2) is 40.9 Å². The Kier molecular flexibility index (Phi) is 3.67. The van der Waals surface area contributed by atoms with Gasteiger partial charge in [-0.05, 0) is 50.1 Å². The van der Waals surface area contributed by atoms with Gasteiger partial charge in [0.25, 0.3) is 0 Å². The topological polar surface area (TPSA) is 55.1 Å². The van der Waals surface area contributed by atoms with E-state index in [1.54, 1.807) is 0 Å². The standard InChI is InChI=1S/C18H18N2O2/c1-11-4-6-14(7-5-11)19-17(21)10-16-15-9-12(2)8-13(3)18(15)22-20-16/h4-9H,10H2,1-3H3,(H,19,21). The second-order valence-corrected chi connectivity index (χ2v) is 5.68. The summed E-state index contributed by atoms with van der Waals surface area (Å²) in [5, 5.41) is 7.85. The number of anilines is 1. The quantitative estimate of drug-likeness (QED) is 0.796. The van der Waals surface area contributed by atoms with Gasteiger partial charge in [-0.2, -0.15) is 0 Å². The Hall–Kier alpha value is -2.62. The molecule has 3 rings (SSSR count). The molecule has 1 N–H and O–H groups in total. The number of nitrogens with zero attached hydrogens (tertiary/aromatic N) is 1. The summed E-state index contributed by atoms with van der Waals surface area (Å²) < 4.78 is 5.37. The predicted octanol–water partition coefficient (Wildman–Crippen LogP) is 3.93. The van der Waals surface area contributed by atoms with Gasteiger partial charge in [-0.25, -0.2) is 0 Å². The molecule has 4 heteroatoms. The molecule has 0 spiro atoms. The molecule has 0 saturated heterocycles. The number of carbonyl (C=O) groups is 1. The zero-order chi connectivity index (χ0) is 15.7. The van der Waals surface area contributed by atoms with Crippen LogP contribution in [-0.2, 0) is 11.2 Å². The van der Waals surface area contributed by atoms with Crippen LogP contribution in [0.25, 0.3) is 11.0 Å². The van der Waals surface area contributed by atoms with E-state index in [9.17, 15) is 4.79 Å². The second kappa shape index (κ2) is 5.64. The minimum absolute atomic E-state index is 0.0989. The van der Waals surface area contributed by atoms with Crippen LogP contribution < -0.4 is 5.32 Å². The molecule has 4 nitrogen and oxygen atoms in total. The van der Waals surface area contributed by atoms with Crippen molar-refractivity contribution in [1.29, 1.82) is 0 Å². The first-order valence-electron chi connectivity index (χ1n) is 7.25. The number of benzene rings is 2. The van der Waals surface area contributed by atoms with Crippen molar-refractivity contribution in [2.75, 3.05) is 5.32 Å². The Balaban J connectivity index is 1.81. The lowest BCUT2D eigenvalue weighted by Gasteiger charge is -2.04. The van der Waals surface area contributed by atoms with Crippen molar-refractivity contribution in [3.8, 4) is 0 Å². The van der Waals surface area contributed by atoms with Crippen LogP contribution in [0.3, 0.4) is 0 Å². The Bertz CT molecular complexity index is 832. The van der Waals surface area contributed by atoms with E-state index in [4.69, 9.17) is 4.52 Å². The Morgan fingerprint density at radius 1 is 1.09 bits per heavy atom. The fraction of sp³-hybridized carbons (Fsp3) is 0.222. The molecule has 1 amide bonds. The lowest BCUT2D eigenvalue weighted by Crippen LogP contribution is -2.14. The van der Waals surface area contributed by atoms with E-state index in [0.717, 1.165) is 33.3 Å². The highest BCUT2D eigenvalue weighted by molar-refractivity contribution is 5.95. The molecule has 1 aromatic heterocycles. The summed E-state index contributed by atoms with van der Waals surface area (Å²) in [6.45, 7) is 6.02. The third-order valence-electron chi connectivity index (χ3n) is 3.64. The maximum atomic E-state index is 12.2. The van der Waals surface area contributed by atoms with Gasteiger partial charge in [0, 0.05) is 11.1 Å². The van der Waals surface area contributed by atoms with Crippen LogP contribution in [0, 0.1) is 20.8 Å². The van der Waals surface area contributed by atoms with Crippen LogP contribution in [0.4, 0.5) is 5.69 Å². The van der Waals surface area contributed by atoms with Crippen LogP contribution >= 0.6 is 0 Å². The minimum atomic E-state index is -0.0989. The lowest BCUT2D eigenvalue weighted by atomic mass is 10.1. The number of nitrogens with one attached hydrogen (secondary N) is 1. The Labute approximate surface area is 129 Å². The van der Waals surface area contributed by atoms with Crippen molar-refractivity contribution in [2.45, 2.75) is 27.2 Å². The molecule has 112 valence electrons. The number of aryl methyl sites for hydroxylation is 3. The molecule has 2 aromatic carbocycles. The molecule has 3 aromatic rings. The zero-order valence-corrected chi connectivity index (χ0v) is 12.9. The number of fused-ring (bicyclic) bond motifs is 1. The summed E-state index contributed by atoms with van der Waals surface area (Å²) in [5.74, 6) is -0.0989. The van der Waals surface area contributed by atoms with Gasteiger partial charge in [0.05, 0.1) is 6.42 Å². The molecule has 0 aliphatic heterocycles. The normalized spacial score (nSPS) is 10.9. The fourth-order valence-electron chi connectivity index (χ4n) is 2.56. The molecule has 0 radical (unpaired) electrons. The number of hydrogen-bond donors (Lipinski definition) is 1. The molecule has 0 aliphatic rings. The summed E-state index contributed by atoms with van der Waals surface area (Å²) in [6, 6.07) is 11.8. The maximum Gasteiger partial charge on any atom is 0.230 e. The lowest BCUT2D eigenvalue weighted by molar-refractivity contribution is -0.115. The van der Waals surface area contributed by atoms with Crippen LogP contribution in [0.2, 0.25) is 0 Å². The largest absolute Gasteiger partial charge is 0.356 e. The van der Waals surface area contributed by atoms with Crippen molar-refractivity contribution in [3.05, 3.63) is 58.8 Å². The van der Waals surface area contributed by atoms with Gasteiger partial charge in [0.1, 0.15) is 5.69 Å². The number of carbonyl (C=O) groups excluding carboxylic acids is 1. The number of aromatic nitrogens is 1. The highest BCUT2D eigenvalue weighted by Crippen LogP contribution is 2.24. The molecule has 0 aliphatic carbocycles. The molecule has 0 atom stereocenters. The van der Waals surface area contributed by atoms with Gasteiger partial charge < -0.3 is 9.84 Å². The van der Waals surface area contributed by atoms with Crippen molar-refractivity contribution in [1.82, 2.24) is 5.16 Å². The highest BCUT2D eigenvalue weighted by atomic mass is 16.5. The van der Waals surface area contributed by atoms with Crippen LogP contribution in [-0.4, -0.2) is 11.1 Å². The smallest absolute Gasteiger partial charge is 0.230 e. The second-order valence-electron chi connectivity index (χ2n) is 5.68. The monoisotopic (exact) mass is 294 g/mol. The van der Waals surface area contributed by atoms with Gasteiger partial charge in [0.15, 0.2) is 5.58 Å². The van der Waals surface area contributed by atoms with E-state index < -0.39 is 0 Å². The van der Waals surface area contributed by atoms with Crippen LogP contribution in [0.5, 0.6) is 0 Å². The summed E-state index contributed by atoms with van der Waals surface area (Å²) in [7, 11) is 0. The first-order valence-corrected chi connectivity index (χ1v) is 7.25. The van der Waals surface area contributed by atoms with E-state index in [1.807, 2.05) is 57.2 Å². The Morgan fingerprint density at radius 2 is 1.82 bits per heavy atom. The average molecular weight is 294 g/mol. The maximum absolute atomic E-state index is 12.2. The molecular formula is C18H18N2O2. The van der Waals surface area contributed by atoms with Crippen molar-refractivity contribution in [3.63, 3.8) is 0 Å². The van der Waals surface area contributed by atoms with E-state index in [0.29, 0.717) is 5.69 Å². The molecule has 22 heavy (non-hydrogen) atoms. The van der Waals surface area contributed by atoms with E-state index >= 15 is 0 Å². The molecular weight excluding hydrogens is 276 g/mol. The molecule has 1 heterocycles. The van der Waals surface area contributed by atoms with Crippen molar-refractivity contribution in [2.24, 2.45) is 0 Å².